The van der Waals surface area contributed by atoms with Crippen molar-refractivity contribution >= 4 is 46.8 Å². The molecular formula is C29H37ClN2O5S. The second kappa shape index (κ2) is 12.3. The molecule has 4 rings (SSSR count). The SMILES string of the molecule is C=CCCOC(=O)[C@@H]1[C@@H]2CC(C)C3(S2)C(C(=O)N(CC=C)c2ccccc2Cl)N(CCCCCO)C(=O)[C@H]13. The number of aliphatic hydroxyl groups is 1. The van der Waals surface area contributed by atoms with E-state index in [1.54, 1.807) is 45.8 Å². The number of thioether (sulfide) groups is 1. The van der Waals surface area contributed by atoms with Crippen LogP contribution < -0.4 is 4.90 Å². The van der Waals surface area contributed by atoms with E-state index in [1.807, 2.05) is 12.1 Å². The third-order valence-electron chi connectivity index (χ3n) is 8.10. The number of carbonyl (C=O) groups excluding carboxylic acids is 3. The number of hydrogen-bond donors (Lipinski definition) is 1. The van der Waals surface area contributed by atoms with Crippen LogP contribution in [0.3, 0.4) is 0 Å². The average Bonchev–Trinajstić information content (AvgIpc) is 3.49. The average molecular weight is 561 g/mol. The van der Waals surface area contributed by atoms with Crippen molar-refractivity contribution < 1.29 is 24.2 Å². The molecule has 3 aliphatic rings. The summed E-state index contributed by atoms with van der Waals surface area (Å²) in [6.45, 7) is 10.6. The quantitative estimate of drug-likeness (QED) is 0.217. The van der Waals surface area contributed by atoms with Crippen LogP contribution in [0.1, 0.15) is 39.0 Å². The van der Waals surface area contributed by atoms with Gasteiger partial charge in [0.15, 0.2) is 0 Å². The Bertz CT molecular complexity index is 1080. The Labute approximate surface area is 234 Å². The van der Waals surface area contributed by atoms with Crippen LogP contribution in [0.4, 0.5) is 5.69 Å². The molecule has 0 aromatic heterocycles. The molecule has 3 saturated heterocycles. The Morgan fingerprint density at radius 1 is 1.26 bits per heavy atom. The molecule has 1 spiro atoms. The number of rotatable bonds is 13. The van der Waals surface area contributed by atoms with Crippen LogP contribution in [-0.2, 0) is 19.1 Å². The monoisotopic (exact) mass is 560 g/mol. The molecule has 9 heteroatoms. The van der Waals surface area contributed by atoms with E-state index in [2.05, 4.69) is 20.1 Å². The molecule has 3 aliphatic heterocycles. The highest BCUT2D eigenvalue weighted by Gasteiger charge is 2.76. The molecule has 6 atom stereocenters. The smallest absolute Gasteiger partial charge is 0.310 e. The Morgan fingerprint density at radius 2 is 2.03 bits per heavy atom. The maximum absolute atomic E-state index is 14.5. The summed E-state index contributed by atoms with van der Waals surface area (Å²) in [7, 11) is 0. The van der Waals surface area contributed by atoms with Crippen LogP contribution in [0, 0.1) is 17.8 Å². The maximum atomic E-state index is 14.5. The normalized spacial score (nSPS) is 29.3. The first-order valence-electron chi connectivity index (χ1n) is 13.4. The number of benzene rings is 1. The van der Waals surface area contributed by atoms with E-state index in [0.29, 0.717) is 36.5 Å². The van der Waals surface area contributed by atoms with E-state index >= 15 is 0 Å². The highest BCUT2D eigenvalue weighted by molar-refractivity contribution is 8.02. The van der Waals surface area contributed by atoms with Gasteiger partial charge in [0.05, 0.1) is 33.9 Å². The molecular weight excluding hydrogens is 524 g/mol. The number of aliphatic hydroxyl groups excluding tert-OH is 1. The summed E-state index contributed by atoms with van der Waals surface area (Å²) in [6, 6.07) is 6.42. The fraction of sp³-hybridized carbons (Fsp3) is 0.552. The fourth-order valence-electron chi connectivity index (χ4n) is 6.47. The van der Waals surface area contributed by atoms with E-state index in [0.717, 1.165) is 12.8 Å². The van der Waals surface area contributed by atoms with Crippen LogP contribution >= 0.6 is 23.4 Å². The molecule has 1 N–H and O–H groups in total. The van der Waals surface area contributed by atoms with Gasteiger partial charge in [-0.05, 0) is 50.2 Å². The number of amides is 2. The van der Waals surface area contributed by atoms with Crippen LogP contribution in [0.25, 0.3) is 0 Å². The van der Waals surface area contributed by atoms with Crippen molar-refractivity contribution in [2.24, 2.45) is 17.8 Å². The Morgan fingerprint density at radius 3 is 2.71 bits per heavy atom. The first-order chi connectivity index (χ1) is 18.3. The molecule has 3 fully saturated rings. The van der Waals surface area contributed by atoms with Gasteiger partial charge in [0, 0.05) is 24.9 Å². The standard InChI is InChI=1S/C29H37ClN2O5S/c1-4-6-17-37-28(36)23-22-18-19(3)29(38-22)24(23)26(34)32(15-10-7-11-16-33)25(29)27(35)31(14-5-2)21-13-9-8-12-20(21)30/h4-5,8-9,12-13,19,22-25,33H,1-2,6-7,10-11,14-18H2,3H3/t19?,22-,23+,24-,25?,29?/m0/s1. The lowest BCUT2D eigenvalue weighted by molar-refractivity contribution is -0.154. The Hall–Kier alpha value is -2.29. The van der Waals surface area contributed by atoms with E-state index in [4.69, 9.17) is 16.3 Å². The van der Waals surface area contributed by atoms with Gasteiger partial charge in [0.1, 0.15) is 6.04 Å². The van der Waals surface area contributed by atoms with Gasteiger partial charge in [0.2, 0.25) is 5.91 Å². The summed E-state index contributed by atoms with van der Waals surface area (Å²) in [4.78, 5) is 45.3. The minimum atomic E-state index is -0.749. The van der Waals surface area contributed by atoms with Gasteiger partial charge in [-0.2, -0.15) is 0 Å². The van der Waals surface area contributed by atoms with E-state index < -0.39 is 22.6 Å². The first-order valence-corrected chi connectivity index (χ1v) is 14.6. The molecule has 0 saturated carbocycles. The second-order valence-corrected chi connectivity index (χ2v) is 12.3. The van der Waals surface area contributed by atoms with Gasteiger partial charge in [-0.25, -0.2) is 0 Å². The molecule has 0 radical (unpaired) electrons. The number of fused-ring (bicyclic) bond motifs is 1. The van der Waals surface area contributed by atoms with Crippen molar-refractivity contribution in [2.45, 2.75) is 55.1 Å². The first kappa shape index (κ1) is 28.7. The molecule has 1 aromatic carbocycles. The van der Waals surface area contributed by atoms with Crippen LogP contribution in [-0.4, -0.2) is 70.1 Å². The molecule has 0 aliphatic carbocycles. The highest BCUT2D eigenvalue weighted by atomic mass is 35.5. The number of halogens is 1. The predicted molar refractivity (Wildman–Crippen MR) is 151 cm³/mol. The van der Waals surface area contributed by atoms with Gasteiger partial charge < -0.3 is 19.6 Å². The van der Waals surface area contributed by atoms with Gasteiger partial charge in [-0.3, -0.25) is 14.4 Å². The molecule has 206 valence electrons. The minimum Gasteiger partial charge on any atom is -0.465 e. The Balaban J connectivity index is 1.74. The zero-order valence-corrected chi connectivity index (χ0v) is 23.5. The van der Waals surface area contributed by atoms with Crippen molar-refractivity contribution in [3.8, 4) is 0 Å². The molecule has 1 aromatic rings. The van der Waals surface area contributed by atoms with Crippen LogP contribution in [0.5, 0.6) is 0 Å². The van der Waals surface area contributed by atoms with Gasteiger partial charge >= 0.3 is 5.97 Å². The molecule has 2 amide bonds. The zero-order valence-electron chi connectivity index (χ0n) is 21.9. The fourth-order valence-corrected chi connectivity index (χ4v) is 9.11. The zero-order chi connectivity index (χ0) is 27.4. The van der Waals surface area contributed by atoms with Gasteiger partial charge in [0.25, 0.3) is 5.91 Å². The van der Waals surface area contributed by atoms with Crippen molar-refractivity contribution in [1.82, 2.24) is 4.90 Å². The number of ether oxygens (including phenoxy) is 1. The maximum Gasteiger partial charge on any atom is 0.310 e. The number of esters is 1. The third-order valence-corrected chi connectivity index (χ3v) is 10.5. The number of likely N-dealkylation sites (tertiary alicyclic amines) is 1. The topological polar surface area (TPSA) is 87.2 Å². The van der Waals surface area contributed by atoms with E-state index in [1.165, 1.54) is 0 Å². The summed E-state index contributed by atoms with van der Waals surface area (Å²) >= 11 is 8.15. The lowest BCUT2D eigenvalue weighted by Gasteiger charge is -2.40. The molecule has 3 unspecified atom stereocenters. The third kappa shape index (κ3) is 4.91. The number of nitrogens with zero attached hydrogens (tertiary/aromatic N) is 2. The minimum absolute atomic E-state index is 0.0527. The summed E-state index contributed by atoms with van der Waals surface area (Å²) in [5, 5.41) is 9.61. The largest absolute Gasteiger partial charge is 0.465 e. The van der Waals surface area contributed by atoms with Crippen molar-refractivity contribution in [3.05, 3.63) is 54.6 Å². The molecule has 3 heterocycles. The summed E-state index contributed by atoms with van der Waals surface area (Å²) in [5.74, 6) is -1.88. The number of unbranched alkanes of at least 4 members (excludes halogenated alkanes) is 2. The molecule has 38 heavy (non-hydrogen) atoms. The summed E-state index contributed by atoms with van der Waals surface area (Å²) in [5.41, 5.74) is 0.567. The van der Waals surface area contributed by atoms with Crippen LogP contribution in [0.2, 0.25) is 5.02 Å². The van der Waals surface area contributed by atoms with Crippen molar-refractivity contribution in [3.63, 3.8) is 0 Å². The van der Waals surface area contributed by atoms with E-state index in [9.17, 15) is 19.5 Å². The number of para-hydroxylation sites is 1. The number of hydrogen-bond acceptors (Lipinski definition) is 6. The van der Waals surface area contributed by atoms with Crippen molar-refractivity contribution in [1.29, 1.82) is 0 Å². The number of anilines is 1. The molecule has 7 nitrogen and oxygen atoms in total. The Kier molecular flexibility index (Phi) is 9.27. The highest BCUT2D eigenvalue weighted by Crippen LogP contribution is 2.68. The van der Waals surface area contributed by atoms with Crippen molar-refractivity contribution in [2.75, 3.05) is 31.2 Å². The van der Waals surface area contributed by atoms with E-state index in [-0.39, 0.29) is 48.7 Å². The second-order valence-electron chi connectivity index (χ2n) is 10.3. The lowest BCUT2D eigenvalue weighted by Crippen LogP contribution is -2.57. The lowest BCUT2D eigenvalue weighted by atomic mass is 9.66. The predicted octanol–water partition coefficient (Wildman–Crippen LogP) is 4.48. The molecule has 2 bridgehead atoms. The summed E-state index contributed by atoms with van der Waals surface area (Å²) < 4.78 is 4.84. The van der Waals surface area contributed by atoms with Crippen LogP contribution in [0.15, 0.2) is 49.6 Å². The van der Waals surface area contributed by atoms with Gasteiger partial charge in [-0.15, -0.1) is 24.9 Å². The van der Waals surface area contributed by atoms with Gasteiger partial charge in [-0.1, -0.05) is 42.8 Å². The number of carbonyl (C=O) groups is 3. The summed E-state index contributed by atoms with van der Waals surface area (Å²) in [6.07, 6.45) is 6.65.